The Labute approximate surface area is 100 Å². The summed E-state index contributed by atoms with van der Waals surface area (Å²) in [5, 5.41) is 5.28. The lowest BCUT2D eigenvalue weighted by Crippen LogP contribution is -2.08. The van der Waals surface area contributed by atoms with Crippen molar-refractivity contribution in [3.63, 3.8) is 0 Å². The van der Waals surface area contributed by atoms with Crippen LogP contribution in [0.3, 0.4) is 0 Å². The number of nitrogens with one attached hydrogen (secondary N) is 1. The number of aromatic nitrogens is 1. The van der Waals surface area contributed by atoms with E-state index in [9.17, 15) is 13.2 Å². The van der Waals surface area contributed by atoms with Crippen molar-refractivity contribution in [2.24, 2.45) is 0 Å². The van der Waals surface area contributed by atoms with Crippen molar-refractivity contribution in [1.29, 1.82) is 0 Å². The highest BCUT2D eigenvalue weighted by molar-refractivity contribution is 7.09. The van der Waals surface area contributed by atoms with Crippen LogP contribution >= 0.6 is 11.3 Å². The van der Waals surface area contributed by atoms with E-state index in [1.807, 2.05) is 0 Å². The van der Waals surface area contributed by atoms with Gasteiger partial charge < -0.3 is 5.32 Å². The molecule has 0 spiro atoms. The van der Waals surface area contributed by atoms with Gasteiger partial charge in [-0.15, -0.1) is 11.3 Å². The summed E-state index contributed by atoms with van der Waals surface area (Å²) in [6.07, 6.45) is 1.62. The van der Waals surface area contributed by atoms with E-state index in [-0.39, 0.29) is 11.7 Å². The van der Waals surface area contributed by atoms with Gasteiger partial charge in [0.15, 0.2) is 11.6 Å². The third-order valence-corrected chi connectivity index (χ3v) is 3.16. The Morgan fingerprint density at radius 1 is 1.18 bits per heavy atom. The van der Waals surface area contributed by atoms with E-state index < -0.39 is 17.5 Å². The predicted octanol–water partition coefficient (Wildman–Crippen LogP) is 3.73. The average Bonchev–Trinajstić information content (AvgIpc) is 2.79. The summed E-state index contributed by atoms with van der Waals surface area (Å²) in [7, 11) is 0. The van der Waals surface area contributed by atoms with E-state index in [0.717, 1.165) is 11.1 Å². The number of hydrogen-bond donors (Lipinski definition) is 1. The fourth-order valence-electron chi connectivity index (χ4n) is 1.38. The van der Waals surface area contributed by atoms with E-state index in [0.29, 0.717) is 6.07 Å². The van der Waals surface area contributed by atoms with Crippen LogP contribution in [-0.2, 0) is 0 Å². The monoisotopic (exact) mass is 258 g/mol. The van der Waals surface area contributed by atoms with Crippen molar-refractivity contribution in [1.82, 2.24) is 4.98 Å². The fraction of sp³-hybridized carbons (Fsp3) is 0.182. The first-order chi connectivity index (χ1) is 8.08. The molecule has 1 atom stereocenters. The first-order valence-corrected chi connectivity index (χ1v) is 5.76. The first-order valence-electron chi connectivity index (χ1n) is 4.88. The molecule has 0 aliphatic rings. The SMILES string of the molecule is CC(Nc1cc(F)c(F)cc1F)c1nccs1. The maximum atomic E-state index is 13.3. The molecular formula is C11H9F3N2S. The Kier molecular flexibility index (Phi) is 3.33. The van der Waals surface area contributed by atoms with Crippen LogP contribution in [0.15, 0.2) is 23.7 Å². The number of rotatable bonds is 3. The summed E-state index contributed by atoms with van der Waals surface area (Å²) < 4.78 is 39.0. The van der Waals surface area contributed by atoms with Gasteiger partial charge in [-0.05, 0) is 6.92 Å². The van der Waals surface area contributed by atoms with Crippen molar-refractivity contribution < 1.29 is 13.2 Å². The quantitative estimate of drug-likeness (QED) is 0.848. The Hall–Kier alpha value is -1.56. The maximum absolute atomic E-state index is 13.3. The summed E-state index contributed by atoms with van der Waals surface area (Å²) in [5.41, 5.74) is -0.0772. The standard InChI is InChI=1S/C11H9F3N2S/c1-6(11-15-2-3-17-11)16-10-5-8(13)7(12)4-9(10)14/h2-6,16H,1H3. The zero-order valence-electron chi connectivity index (χ0n) is 8.88. The van der Waals surface area contributed by atoms with Crippen LogP contribution in [0, 0.1) is 17.5 Å². The minimum absolute atomic E-state index is 0.0772. The van der Waals surface area contributed by atoms with Gasteiger partial charge in [0.2, 0.25) is 0 Å². The van der Waals surface area contributed by atoms with Crippen LogP contribution in [0.25, 0.3) is 0 Å². The predicted molar refractivity (Wildman–Crippen MR) is 60.5 cm³/mol. The van der Waals surface area contributed by atoms with Crippen molar-refractivity contribution in [3.8, 4) is 0 Å². The average molecular weight is 258 g/mol. The molecule has 2 aromatic rings. The molecule has 1 N–H and O–H groups in total. The largest absolute Gasteiger partial charge is 0.374 e. The number of halogens is 3. The van der Waals surface area contributed by atoms with Crippen molar-refractivity contribution in [2.45, 2.75) is 13.0 Å². The summed E-state index contributed by atoms with van der Waals surface area (Å²) in [4.78, 5) is 4.05. The highest BCUT2D eigenvalue weighted by Crippen LogP contribution is 2.24. The molecule has 17 heavy (non-hydrogen) atoms. The number of nitrogens with zero attached hydrogens (tertiary/aromatic N) is 1. The second-order valence-electron chi connectivity index (χ2n) is 3.48. The molecule has 0 aliphatic carbocycles. The highest BCUT2D eigenvalue weighted by Gasteiger charge is 2.13. The van der Waals surface area contributed by atoms with Crippen LogP contribution in [0.4, 0.5) is 18.9 Å². The number of benzene rings is 1. The normalized spacial score (nSPS) is 12.5. The molecule has 0 saturated carbocycles. The zero-order chi connectivity index (χ0) is 12.4. The van der Waals surface area contributed by atoms with Gasteiger partial charge in [-0.2, -0.15) is 0 Å². The fourth-order valence-corrected chi connectivity index (χ4v) is 2.02. The summed E-state index contributed by atoms with van der Waals surface area (Å²) >= 11 is 1.40. The molecule has 2 nitrogen and oxygen atoms in total. The van der Waals surface area contributed by atoms with Crippen molar-refractivity contribution in [3.05, 3.63) is 46.2 Å². The molecule has 0 bridgehead atoms. The maximum Gasteiger partial charge on any atom is 0.161 e. The van der Waals surface area contributed by atoms with Crippen LogP contribution in [0.2, 0.25) is 0 Å². The van der Waals surface area contributed by atoms with Crippen molar-refractivity contribution in [2.75, 3.05) is 5.32 Å². The molecule has 1 unspecified atom stereocenters. The Morgan fingerprint density at radius 3 is 2.53 bits per heavy atom. The van der Waals surface area contributed by atoms with E-state index in [1.54, 1.807) is 18.5 Å². The molecule has 1 aromatic heterocycles. The molecule has 1 heterocycles. The lowest BCUT2D eigenvalue weighted by Gasteiger charge is -2.13. The number of hydrogen-bond acceptors (Lipinski definition) is 3. The Morgan fingerprint density at radius 2 is 1.88 bits per heavy atom. The molecule has 0 aliphatic heterocycles. The van der Waals surface area contributed by atoms with Gasteiger partial charge >= 0.3 is 0 Å². The van der Waals surface area contributed by atoms with Crippen LogP contribution in [-0.4, -0.2) is 4.98 Å². The van der Waals surface area contributed by atoms with Crippen LogP contribution in [0.5, 0.6) is 0 Å². The minimum atomic E-state index is -1.20. The van der Waals surface area contributed by atoms with Gasteiger partial charge in [0, 0.05) is 23.7 Å². The van der Waals surface area contributed by atoms with E-state index in [4.69, 9.17) is 0 Å². The molecule has 1 aromatic carbocycles. The van der Waals surface area contributed by atoms with Gasteiger partial charge in [-0.1, -0.05) is 0 Å². The second kappa shape index (κ2) is 4.75. The summed E-state index contributed by atoms with van der Waals surface area (Å²) in [6, 6.07) is 1.05. The van der Waals surface area contributed by atoms with E-state index in [2.05, 4.69) is 10.3 Å². The van der Waals surface area contributed by atoms with Gasteiger partial charge in [0.1, 0.15) is 10.8 Å². The molecule has 0 radical (unpaired) electrons. The summed E-state index contributed by atoms with van der Waals surface area (Å²) in [5.74, 6) is -3.11. The minimum Gasteiger partial charge on any atom is -0.374 e. The first kappa shape index (κ1) is 11.9. The topological polar surface area (TPSA) is 24.9 Å². The molecule has 0 amide bonds. The van der Waals surface area contributed by atoms with Gasteiger partial charge in [0.05, 0.1) is 11.7 Å². The lowest BCUT2D eigenvalue weighted by atomic mass is 10.2. The van der Waals surface area contributed by atoms with Gasteiger partial charge in [-0.25, -0.2) is 18.2 Å². The highest BCUT2D eigenvalue weighted by atomic mass is 32.1. The molecule has 90 valence electrons. The van der Waals surface area contributed by atoms with E-state index >= 15 is 0 Å². The van der Waals surface area contributed by atoms with Gasteiger partial charge in [-0.3, -0.25) is 0 Å². The third-order valence-electron chi connectivity index (χ3n) is 2.20. The molecule has 0 saturated heterocycles. The molecule has 0 fully saturated rings. The number of anilines is 1. The second-order valence-corrected chi connectivity index (χ2v) is 4.41. The van der Waals surface area contributed by atoms with Gasteiger partial charge in [0.25, 0.3) is 0 Å². The van der Waals surface area contributed by atoms with Crippen molar-refractivity contribution >= 4 is 17.0 Å². The van der Waals surface area contributed by atoms with Crippen LogP contribution in [0.1, 0.15) is 18.0 Å². The van der Waals surface area contributed by atoms with E-state index in [1.165, 1.54) is 11.3 Å². The lowest BCUT2D eigenvalue weighted by molar-refractivity contribution is 0.495. The van der Waals surface area contributed by atoms with Crippen LogP contribution < -0.4 is 5.32 Å². The Bertz CT molecular complexity index is 514. The summed E-state index contributed by atoms with van der Waals surface area (Å²) in [6.45, 7) is 1.76. The zero-order valence-corrected chi connectivity index (χ0v) is 9.69. The molecule has 6 heteroatoms. The molecular weight excluding hydrogens is 249 g/mol. The molecule has 2 rings (SSSR count). The Balaban J connectivity index is 2.22. The smallest absolute Gasteiger partial charge is 0.161 e. The third kappa shape index (κ3) is 2.58. The number of thiazole rings is 1.